The van der Waals surface area contributed by atoms with E-state index in [9.17, 15) is 29.7 Å². The van der Waals surface area contributed by atoms with Crippen molar-refractivity contribution < 1.29 is 63.7 Å². The first kappa shape index (κ1) is 28.4. The highest BCUT2D eigenvalue weighted by Gasteiger charge is 2.11. The SMILES string of the molecule is O=C=O.[H+].[NH3+]CCCCC([NH3+])C(=O)[O-].[NH3+][C@H](CCC[C@H]([NH3+])C(=O)[O-])C(=O)[O-]. The Kier molecular flexibility index (Phi) is 20.7. The number of carbonyl (C=O) groups is 3. The maximum absolute atomic E-state index is 10.2. The smallest absolute Gasteiger partial charge is 0.544 e. The average molecular weight is 382 g/mol. The summed E-state index contributed by atoms with van der Waals surface area (Å²) in [5.41, 5.74) is 13.7. The molecule has 0 rings (SSSR count). The largest absolute Gasteiger partial charge is 1.00 e. The highest BCUT2D eigenvalue weighted by molar-refractivity contribution is 5.70. The summed E-state index contributed by atoms with van der Waals surface area (Å²) in [7, 11) is 0. The van der Waals surface area contributed by atoms with Gasteiger partial charge in [-0.1, -0.05) is 0 Å². The first-order valence-corrected chi connectivity index (χ1v) is 7.95. The number of hydrogen-bond acceptors (Lipinski definition) is 8. The van der Waals surface area contributed by atoms with Crippen LogP contribution in [0.3, 0.4) is 0 Å². The molecular formula is C14H30N4O8+2. The maximum Gasteiger partial charge on any atom is 1.00 e. The van der Waals surface area contributed by atoms with Gasteiger partial charge in [0.05, 0.1) is 24.5 Å². The fraction of sp³-hybridized carbons (Fsp3) is 0.714. The Morgan fingerprint density at radius 3 is 1.23 bits per heavy atom. The minimum Gasteiger partial charge on any atom is -0.544 e. The van der Waals surface area contributed by atoms with Gasteiger partial charge in [-0.15, -0.1) is 0 Å². The molecule has 0 heterocycles. The molecule has 26 heavy (non-hydrogen) atoms. The summed E-state index contributed by atoms with van der Waals surface area (Å²) in [5, 5.41) is 30.5. The predicted octanol–water partition coefficient (Wildman–Crippen LogP) is -8.83. The molecule has 0 saturated heterocycles. The summed E-state index contributed by atoms with van der Waals surface area (Å²) in [6.45, 7) is 0.861. The van der Waals surface area contributed by atoms with E-state index in [0.29, 0.717) is 25.7 Å². The minimum absolute atomic E-state index is 0. The van der Waals surface area contributed by atoms with Crippen molar-refractivity contribution in [2.45, 2.75) is 56.7 Å². The number of hydrogen-bond donors (Lipinski definition) is 4. The van der Waals surface area contributed by atoms with Gasteiger partial charge in [-0.2, -0.15) is 9.59 Å². The minimum atomic E-state index is -1.21. The van der Waals surface area contributed by atoms with Crippen molar-refractivity contribution >= 4 is 24.1 Å². The molecule has 0 aromatic rings. The van der Waals surface area contributed by atoms with Gasteiger partial charge in [0.15, 0.2) is 0 Å². The Labute approximate surface area is 152 Å². The number of quaternary nitrogens is 4. The Balaban J connectivity index is -0.000000169. The second-order valence-corrected chi connectivity index (χ2v) is 5.41. The molecule has 1 unspecified atom stereocenters. The van der Waals surface area contributed by atoms with E-state index < -0.39 is 36.0 Å². The zero-order valence-electron chi connectivity index (χ0n) is 15.8. The topological polar surface area (TPSA) is 265 Å². The molecule has 12 nitrogen and oxygen atoms in total. The van der Waals surface area contributed by atoms with Gasteiger partial charge in [0.2, 0.25) is 0 Å². The molecule has 0 spiro atoms. The van der Waals surface area contributed by atoms with Crippen molar-refractivity contribution in [3.8, 4) is 0 Å². The molecule has 0 aliphatic heterocycles. The molecule has 0 radical (unpaired) electrons. The van der Waals surface area contributed by atoms with Crippen LogP contribution in [0, 0.1) is 0 Å². The predicted molar refractivity (Wildman–Crippen MR) is 76.6 cm³/mol. The Morgan fingerprint density at radius 2 is 1.00 bits per heavy atom. The van der Waals surface area contributed by atoms with E-state index in [2.05, 4.69) is 22.9 Å². The lowest BCUT2D eigenvalue weighted by Crippen LogP contribution is -2.69. The molecule has 0 aromatic heterocycles. The summed E-state index contributed by atoms with van der Waals surface area (Å²) in [6, 6.07) is -2.12. The lowest BCUT2D eigenvalue weighted by atomic mass is 10.1. The van der Waals surface area contributed by atoms with E-state index >= 15 is 0 Å². The highest BCUT2D eigenvalue weighted by atomic mass is 16.4. The van der Waals surface area contributed by atoms with Crippen molar-refractivity contribution in [1.82, 2.24) is 0 Å². The van der Waals surface area contributed by atoms with E-state index in [0.717, 1.165) is 19.4 Å². The van der Waals surface area contributed by atoms with Gasteiger partial charge in [0.25, 0.3) is 0 Å². The Hall–Kier alpha value is -2.37. The van der Waals surface area contributed by atoms with Crippen LogP contribution in [0.2, 0.25) is 0 Å². The Morgan fingerprint density at radius 1 is 0.731 bits per heavy atom. The summed E-state index contributed by atoms with van der Waals surface area (Å²) in [5.74, 6) is -3.48. The first-order chi connectivity index (χ1) is 12.0. The summed E-state index contributed by atoms with van der Waals surface area (Å²) < 4.78 is 0. The van der Waals surface area contributed by atoms with Crippen LogP contribution in [0.1, 0.15) is 40.0 Å². The molecule has 0 bridgehead atoms. The van der Waals surface area contributed by atoms with Crippen molar-refractivity contribution in [2.75, 3.05) is 6.54 Å². The highest BCUT2D eigenvalue weighted by Crippen LogP contribution is 1.98. The number of carboxylic acids is 3. The normalized spacial score (nSPS) is 12.8. The van der Waals surface area contributed by atoms with E-state index in [1.165, 1.54) is 0 Å². The van der Waals surface area contributed by atoms with Gasteiger partial charge in [0.1, 0.15) is 18.1 Å². The molecule has 152 valence electrons. The second-order valence-electron chi connectivity index (χ2n) is 5.41. The van der Waals surface area contributed by atoms with E-state index in [1.54, 1.807) is 0 Å². The summed E-state index contributed by atoms with van der Waals surface area (Å²) in [4.78, 5) is 46.7. The second kappa shape index (κ2) is 19.0. The lowest BCUT2D eigenvalue weighted by molar-refractivity contribution is -0.444. The molecule has 12 heteroatoms. The number of aliphatic carboxylic acids is 3. The van der Waals surface area contributed by atoms with Gasteiger partial charge in [-0.3, -0.25) is 0 Å². The number of carboxylic acid groups (broad SMARTS) is 3. The van der Waals surface area contributed by atoms with Gasteiger partial charge >= 0.3 is 7.58 Å². The van der Waals surface area contributed by atoms with Gasteiger partial charge in [0, 0.05) is 19.3 Å². The zero-order chi connectivity index (χ0) is 21.1. The van der Waals surface area contributed by atoms with Gasteiger partial charge in [-0.05, 0) is 19.3 Å². The van der Waals surface area contributed by atoms with Gasteiger partial charge in [-0.25, -0.2) is 0 Å². The Bertz CT molecular complexity index is 427. The molecule has 0 aromatic carbocycles. The summed E-state index contributed by atoms with van der Waals surface area (Å²) >= 11 is 0. The third-order valence-corrected chi connectivity index (χ3v) is 3.16. The number of rotatable bonds is 11. The number of unbranched alkanes of at least 4 members (excludes halogenated alkanes) is 1. The quantitative estimate of drug-likeness (QED) is 0.248. The van der Waals surface area contributed by atoms with Crippen molar-refractivity contribution in [1.29, 1.82) is 0 Å². The molecule has 12 N–H and O–H groups in total. The fourth-order valence-corrected chi connectivity index (χ4v) is 1.53. The van der Waals surface area contributed by atoms with Crippen molar-refractivity contribution in [3.63, 3.8) is 0 Å². The summed E-state index contributed by atoms with van der Waals surface area (Å²) in [6.07, 6.45) is 3.77. The number of carbonyl (C=O) groups excluding carboxylic acids is 5. The molecular weight excluding hydrogens is 352 g/mol. The van der Waals surface area contributed by atoms with Crippen LogP contribution in [0.25, 0.3) is 0 Å². The monoisotopic (exact) mass is 382 g/mol. The van der Waals surface area contributed by atoms with Crippen LogP contribution in [0.4, 0.5) is 0 Å². The van der Waals surface area contributed by atoms with Gasteiger partial charge < -0.3 is 52.6 Å². The molecule has 3 atom stereocenters. The zero-order valence-corrected chi connectivity index (χ0v) is 14.8. The maximum atomic E-state index is 10.2. The van der Waals surface area contributed by atoms with Crippen molar-refractivity contribution in [3.05, 3.63) is 0 Å². The molecule has 0 amide bonds. The lowest BCUT2D eigenvalue weighted by Gasteiger charge is -2.11. The third-order valence-electron chi connectivity index (χ3n) is 3.16. The first-order valence-electron chi connectivity index (χ1n) is 7.95. The van der Waals surface area contributed by atoms with Crippen LogP contribution in [-0.4, -0.2) is 48.7 Å². The molecule has 0 aliphatic carbocycles. The van der Waals surface area contributed by atoms with Crippen LogP contribution >= 0.6 is 0 Å². The van der Waals surface area contributed by atoms with Crippen molar-refractivity contribution in [2.24, 2.45) is 0 Å². The van der Waals surface area contributed by atoms with E-state index in [-0.39, 0.29) is 7.58 Å². The molecule has 0 aliphatic rings. The average Bonchev–Trinajstić information content (AvgIpc) is 2.55. The van der Waals surface area contributed by atoms with E-state index in [4.69, 9.17) is 9.59 Å². The molecule has 0 fully saturated rings. The standard InChI is InChI=1S/C7H14N2O4.C6H14N2O2.CO2/c8-4(6(10)11)2-1-3-5(9)7(12)13;7-4-2-1-3-5(8)6(9)10;2-1-3/h4-5H,1-3,8-9H2,(H,10,11)(H,12,13);5H,1-4,7-8H2,(H,9,10);/p+2/t4-,5+;;. The van der Waals surface area contributed by atoms with Crippen LogP contribution < -0.4 is 38.3 Å². The van der Waals surface area contributed by atoms with E-state index in [1.807, 2.05) is 0 Å². The van der Waals surface area contributed by atoms with Crippen LogP contribution in [-0.2, 0) is 24.0 Å². The fourth-order valence-electron chi connectivity index (χ4n) is 1.53. The molecule has 0 saturated carbocycles. The third kappa shape index (κ3) is 21.6. The van der Waals surface area contributed by atoms with Crippen LogP contribution in [0.5, 0.6) is 0 Å². The van der Waals surface area contributed by atoms with Crippen LogP contribution in [0.15, 0.2) is 0 Å².